The van der Waals surface area contributed by atoms with E-state index in [0.717, 1.165) is 0 Å². The highest BCUT2D eigenvalue weighted by molar-refractivity contribution is 5.89. The van der Waals surface area contributed by atoms with Gasteiger partial charge in [0.05, 0.1) is 0 Å². The first kappa shape index (κ1) is 9.14. The van der Waals surface area contributed by atoms with Gasteiger partial charge in [0.25, 0.3) is 0 Å². The zero-order valence-electron chi connectivity index (χ0n) is 6.51. The standard InChI is InChI=1S/C7H4N4O.H2O/c12-3-5-6-7(11-4-10-5)9-2-1-8-6;/h1-4H;1H2. The van der Waals surface area contributed by atoms with Crippen molar-refractivity contribution in [1.29, 1.82) is 0 Å². The lowest BCUT2D eigenvalue weighted by atomic mass is 10.4. The minimum Gasteiger partial charge on any atom is -0.412 e. The summed E-state index contributed by atoms with van der Waals surface area (Å²) < 4.78 is 0. The van der Waals surface area contributed by atoms with E-state index in [-0.39, 0.29) is 11.2 Å². The normalized spacial score (nSPS) is 9.23. The maximum atomic E-state index is 10.5. The number of nitrogens with zero attached hydrogens (tertiary/aromatic N) is 4. The smallest absolute Gasteiger partial charge is 0.182 e. The highest BCUT2D eigenvalue weighted by Gasteiger charge is 2.02. The molecule has 2 aromatic heterocycles. The van der Waals surface area contributed by atoms with Gasteiger partial charge in [-0.3, -0.25) is 4.79 Å². The van der Waals surface area contributed by atoms with E-state index in [1.807, 2.05) is 0 Å². The molecule has 6 nitrogen and oxygen atoms in total. The molecule has 0 saturated carbocycles. The molecule has 13 heavy (non-hydrogen) atoms. The van der Waals surface area contributed by atoms with Crippen LogP contribution in [-0.4, -0.2) is 31.7 Å². The van der Waals surface area contributed by atoms with Crippen molar-refractivity contribution >= 4 is 17.5 Å². The van der Waals surface area contributed by atoms with Gasteiger partial charge in [-0.05, 0) is 0 Å². The zero-order chi connectivity index (χ0) is 8.39. The average molecular weight is 178 g/mol. The summed E-state index contributed by atoms with van der Waals surface area (Å²) in [5.41, 5.74) is 1.15. The second kappa shape index (κ2) is 3.63. The molecule has 6 heteroatoms. The summed E-state index contributed by atoms with van der Waals surface area (Å²) in [5, 5.41) is 0. The number of fused-ring (bicyclic) bond motifs is 1. The van der Waals surface area contributed by atoms with Gasteiger partial charge in [-0.2, -0.15) is 0 Å². The summed E-state index contributed by atoms with van der Waals surface area (Å²) in [7, 11) is 0. The van der Waals surface area contributed by atoms with E-state index in [2.05, 4.69) is 19.9 Å². The van der Waals surface area contributed by atoms with Crippen molar-refractivity contribution in [2.24, 2.45) is 0 Å². The van der Waals surface area contributed by atoms with Crippen molar-refractivity contribution in [3.8, 4) is 0 Å². The Morgan fingerprint density at radius 2 is 1.85 bits per heavy atom. The van der Waals surface area contributed by atoms with Gasteiger partial charge in [0.15, 0.2) is 11.9 Å². The van der Waals surface area contributed by atoms with E-state index in [1.54, 1.807) is 0 Å². The van der Waals surface area contributed by atoms with Gasteiger partial charge in [-0.15, -0.1) is 0 Å². The molecule has 0 aliphatic carbocycles. The Hall–Kier alpha value is -1.95. The fourth-order valence-corrected chi connectivity index (χ4v) is 0.899. The topological polar surface area (TPSA) is 100 Å². The predicted octanol–water partition coefficient (Wildman–Crippen LogP) is -0.592. The van der Waals surface area contributed by atoms with Crippen molar-refractivity contribution in [2.45, 2.75) is 0 Å². The minimum absolute atomic E-state index is 0. The molecule has 0 aliphatic heterocycles. The average Bonchev–Trinajstić information content (AvgIpc) is 2.17. The van der Waals surface area contributed by atoms with Crippen LogP contribution in [0.4, 0.5) is 0 Å². The first-order chi connectivity index (χ1) is 5.92. The third kappa shape index (κ3) is 1.47. The second-order valence-electron chi connectivity index (χ2n) is 2.11. The molecule has 0 spiro atoms. The van der Waals surface area contributed by atoms with Gasteiger partial charge in [0, 0.05) is 12.4 Å². The zero-order valence-corrected chi connectivity index (χ0v) is 6.51. The molecule has 2 N–H and O–H groups in total. The SMILES string of the molecule is O.O=Cc1ncnc2nccnc12. The highest BCUT2D eigenvalue weighted by Crippen LogP contribution is 2.04. The van der Waals surface area contributed by atoms with Crippen molar-refractivity contribution in [3.05, 3.63) is 24.4 Å². The molecule has 0 atom stereocenters. The number of carbonyl (C=O) groups excluding carboxylic acids is 1. The Bertz CT molecular complexity index is 426. The van der Waals surface area contributed by atoms with Crippen LogP contribution in [0.3, 0.4) is 0 Å². The monoisotopic (exact) mass is 178 g/mol. The van der Waals surface area contributed by atoms with Gasteiger partial charge >= 0.3 is 0 Å². The molecule has 2 rings (SSSR count). The molecule has 2 aromatic rings. The van der Waals surface area contributed by atoms with Crippen LogP contribution in [0.15, 0.2) is 18.7 Å². The molecule has 0 unspecified atom stereocenters. The Morgan fingerprint density at radius 3 is 2.62 bits per heavy atom. The number of aldehydes is 1. The number of rotatable bonds is 1. The van der Waals surface area contributed by atoms with E-state index in [0.29, 0.717) is 17.5 Å². The molecule has 0 saturated heterocycles. The number of carbonyl (C=O) groups is 1. The molecule has 66 valence electrons. The summed E-state index contributed by atoms with van der Waals surface area (Å²) in [6, 6.07) is 0. The Morgan fingerprint density at radius 1 is 1.08 bits per heavy atom. The van der Waals surface area contributed by atoms with Crippen LogP contribution in [0.25, 0.3) is 11.2 Å². The Labute approximate surface area is 73.0 Å². The van der Waals surface area contributed by atoms with Gasteiger partial charge in [0.2, 0.25) is 0 Å². The van der Waals surface area contributed by atoms with Gasteiger partial charge in [-0.1, -0.05) is 0 Å². The maximum Gasteiger partial charge on any atom is 0.182 e. The third-order valence-electron chi connectivity index (χ3n) is 1.41. The van der Waals surface area contributed by atoms with Crippen molar-refractivity contribution in [3.63, 3.8) is 0 Å². The second-order valence-corrected chi connectivity index (χ2v) is 2.11. The molecule has 0 bridgehead atoms. The van der Waals surface area contributed by atoms with Crippen molar-refractivity contribution < 1.29 is 10.3 Å². The van der Waals surface area contributed by atoms with Crippen LogP contribution in [0.5, 0.6) is 0 Å². The number of hydrogen-bond acceptors (Lipinski definition) is 5. The van der Waals surface area contributed by atoms with Crippen LogP contribution in [0.2, 0.25) is 0 Å². The first-order valence-electron chi connectivity index (χ1n) is 3.28. The van der Waals surface area contributed by atoms with Crippen molar-refractivity contribution in [1.82, 2.24) is 19.9 Å². The predicted molar refractivity (Wildman–Crippen MR) is 44.1 cm³/mol. The summed E-state index contributed by atoms with van der Waals surface area (Å²) >= 11 is 0. The van der Waals surface area contributed by atoms with Gasteiger partial charge < -0.3 is 5.48 Å². The van der Waals surface area contributed by atoms with Crippen LogP contribution < -0.4 is 0 Å². The lowest BCUT2D eigenvalue weighted by molar-refractivity contribution is 0.112. The molecule has 0 amide bonds. The maximum absolute atomic E-state index is 10.5. The lowest BCUT2D eigenvalue weighted by Gasteiger charge is -1.94. The molecular weight excluding hydrogens is 172 g/mol. The molecule has 0 radical (unpaired) electrons. The summed E-state index contributed by atoms with van der Waals surface area (Å²) in [5.74, 6) is 0. The summed E-state index contributed by atoms with van der Waals surface area (Å²) in [4.78, 5) is 25.9. The van der Waals surface area contributed by atoms with E-state index < -0.39 is 0 Å². The number of aromatic nitrogens is 4. The number of hydrogen-bond donors (Lipinski definition) is 0. The minimum atomic E-state index is 0. The molecule has 2 heterocycles. The molecule has 0 aliphatic rings. The van der Waals surface area contributed by atoms with Crippen LogP contribution in [0, 0.1) is 0 Å². The van der Waals surface area contributed by atoms with E-state index in [9.17, 15) is 4.79 Å². The lowest BCUT2D eigenvalue weighted by Crippen LogP contribution is -1.94. The van der Waals surface area contributed by atoms with Crippen molar-refractivity contribution in [2.75, 3.05) is 0 Å². The Kier molecular flexibility index (Phi) is 2.56. The molecule has 0 fully saturated rings. The van der Waals surface area contributed by atoms with E-state index in [1.165, 1.54) is 18.7 Å². The van der Waals surface area contributed by atoms with E-state index in [4.69, 9.17) is 0 Å². The highest BCUT2D eigenvalue weighted by atomic mass is 16.1. The molecule has 0 aromatic carbocycles. The Balaban J connectivity index is 0.000000845. The fraction of sp³-hybridized carbons (Fsp3) is 0. The van der Waals surface area contributed by atoms with Crippen LogP contribution in [0.1, 0.15) is 10.5 Å². The van der Waals surface area contributed by atoms with E-state index >= 15 is 0 Å². The first-order valence-corrected chi connectivity index (χ1v) is 3.28. The quantitative estimate of drug-likeness (QED) is 0.543. The fourth-order valence-electron chi connectivity index (χ4n) is 0.899. The van der Waals surface area contributed by atoms with Gasteiger partial charge in [-0.25, -0.2) is 19.9 Å². The third-order valence-corrected chi connectivity index (χ3v) is 1.41. The van der Waals surface area contributed by atoms with Crippen LogP contribution in [-0.2, 0) is 0 Å². The van der Waals surface area contributed by atoms with Crippen LogP contribution >= 0.6 is 0 Å². The summed E-state index contributed by atoms with van der Waals surface area (Å²) in [6.07, 6.45) is 4.95. The van der Waals surface area contributed by atoms with Gasteiger partial charge in [0.1, 0.15) is 17.5 Å². The summed E-state index contributed by atoms with van der Waals surface area (Å²) in [6.45, 7) is 0. The molecular formula is C7H6N4O2. The largest absolute Gasteiger partial charge is 0.412 e.